The minimum Gasteiger partial charge on any atom is -0.491 e. The van der Waals surface area contributed by atoms with Crippen LogP contribution in [-0.2, 0) is 27.3 Å². The third-order valence-electron chi connectivity index (χ3n) is 6.21. The second-order valence-electron chi connectivity index (χ2n) is 9.66. The molecular formula is C29H39N3O8. The predicted molar refractivity (Wildman–Crippen MR) is 150 cm³/mol. The summed E-state index contributed by atoms with van der Waals surface area (Å²) in [4.78, 5) is 37.9. The van der Waals surface area contributed by atoms with E-state index in [1.165, 1.54) is 11.1 Å². The lowest BCUT2D eigenvalue weighted by atomic mass is 9.96. The zero-order chi connectivity index (χ0) is 29.9. The van der Waals surface area contributed by atoms with Crippen LogP contribution in [0.3, 0.4) is 0 Å². The maximum atomic E-state index is 10.3. The minimum atomic E-state index is -2.74. The van der Waals surface area contributed by atoms with Gasteiger partial charge in [-0.15, -0.1) is 0 Å². The number of carboxylic acids is 3. The van der Waals surface area contributed by atoms with Gasteiger partial charge in [-0.25, -0.2) is 9.78 Å². The van der Waals surface area contributed by atoms with Crippen molar-refractivity contribution in [3.63, 3.8) is 0 Å². The maximum absolute atomic E-state index is 10.3. The monoisotopic (exact) mass is 557 g/mol. The molecule has 2 aromatic carbocycles. The Labute approximate surface area is 233 Å². The number of ether oxygens (including phenoxy) is 1. The Hall–Kier alpha value is -3.96. The number of likely N-dealkylation sites (N-methyl/N-ethyl adjacent to an activating group) is 1. The molecule has 0 aliphatic carbocycles. The molecule has 0 bridgehead atoms. The summed E-state index contributed by atoms with van der Waals surface area (Å²) < 4.78 is 8.14. The van der Waals surface area contributed by atoms with Gasteiger partial charge in [0.25, 0.3) is 0 Å². The number of rotatable bonds is 14. The summed E-state index contributed by atoms with van der Waals surface area (Å²) in [6.07, 6.45) is -1.27. The van der Waals surface area contributed by atoms with E-state index in [1.54, 1.807) is 0 Å². The summed E-state index contributed by atoms with van der Waals surface area (Å²) in [5.74, 6) is -2.97. The van der Waals surface area contributed by atoms with E-state index >= 15 is 0 Å². The molecular weight excluding hydrogens is 518 g/mol. The molecule has 4 N–H and O–H groups in total. The Balaban J connectivity index is 0.000000366. The number of aromatic nitrogens is 2. The van der Waals surface area contributed by atoms with Gasteiger partial charge in [0.2, 0.25) is 0 Å². The molecule has 40 heavy (non-hydrogen) atoms. The maximum Gasteiger partial charge on any atom is 0.336 e. The van der Waals surface area contributed by atoms with E-state index in [4.69, 9.17) is 30.1 Å². The number of hydrogen-bond acceptors (Lipinski definition) is 7. The molecule has 0 radical (unpaired) electrons. The van der Waals surface area contributed by atoms with Crippen LogP contribution in [0.25, 0.3) is 11.0 Å². The molecule has 3 rings (SSSR count). The normalized spacial score (nSPS) is 11.4. The predicted octanol–water partition coefficient (Wildman–Crippen LogP) is 3.51. The summed E-state index contributed by atoms with van der Waals surface area (Å²) in [5.41, 5.74) is 0.814. The van der Waals surface area contributed by atoms with E-state index < -0.39 is 36.4 Å². The second-order valence-corrected chi connectivity index (χ2v) is 9.66. The largest absolute Gasteiger partial charge is 0.491 e. The van der Waals surface area contributed by atoms with Gasteiger partial charge in [0.05, 0.1) is 30.0 Å². The highest BCUT2D eigenvalue weighted by Crippen LogP contribution is 2.21. The van der Waals surface area contributed by atoms with E-state index in [2.05, 4.69) is 71.8 Å². The number of benzene rings is 2. The molecule has 0 spiro atoms. The standard InChI is InChI=1S/C23H31N3O.C6H8O7/c1-5-25(6-2)15-16-26-22-10-8-7-9-21(22)24-23(26)17-19-11-13-20(14-12-19)27-18(3)4;7-3(8)1-6(13,5(11)12)2-4(9)10/h7-14,18H,5-6,15-17H2,1-4H3;13H,1-2H2,(H,7,8)(H,9,10)(H,11,12). The Morgan fingerprint density at radius 2 is 1.52 bits per heavy atom. The fourth-order valence-electron chi connectivity index (χ4n) is 4.15. The molecule has 218 valence electrons. The van der Waals surface area contributed by atoms with Gasteiger partial charge in [-0.05, 0) is 56.8 Å². The second kappa shape index (κ2) is 15.0. The van der Waals surface area contributed by atoms with Crippen molar-refractivity contribution in [2.24, 2.45) is 0 Å². The Morgan fingerprint density at radius 3 is 2.02 bits per heavy atom. The third-order valence-corrected chi connectivity index (χ3v) is 6.21. The smallest absolute Gasteiger partial charge is 0.336 e. The minimum absolute atomic E-state index is 0.195. The van der Waals surface area contributed by atoms with Crippen molar-refractivity contribution in [3.8, 4) is 5.75 Å². The first kappa shape index (κ1) is 32.3. The van der Waals surface area contributed by atoms with Gasteiger partial charge >= 0.3 is 17.9 Å². The van der Waals surface area contributed by atoms with E-state index in [0.29, 0.717) is 0 Å². The summed E-state index contributed by atoms with van der Waals surface area (Å²) >= 11 is 0. The number of aliphatic hydroxyl groups is 1. The number of aliphatic carboxylic acids is 3. The first-order valence-electron chi connectivity index (χ1n) is 13.2. The molecule has 0 aliphatic heterocycles. The zero-order valence-corrected chi connectivity index (χ0v) is 23.4. The van der Waals surface area contributed by atoms with Gasteiger partial charge in [0.15, 0.2) is 5.60 Å². The van der Waals surface area contributed by atoms with Crippen molar-refractivity contribution >= 4 is 28.9 Å². The molecule has 0 saturated carbocycles. The van der Waals surface area contributed by atoms with Crippen molar-refractivity contribution in [1.29, 1.82) is 0 Å². The van der Waals surface area contributed by atoms with Crippen LogP contribution < -0.4 is 4.74 Å². The van der Waals surface area contributed by atoms with Gasteiger partial charge in [0, 0.05) is 19.5 Å². The number of carboxylic acid groups (broad SMARTS) is 3. The number of nitrogens with zero attached hydrogens (tertiary/aromatic N) is 3. The number of hydrogen-bond donors (Lipinski definition) is 4. The van der Waals surface area contributed by atoms with Crippen LogP contribution >= 0.6 is 0 Å². The van der Waals surface area contributed by atoms with Crippen LogP contribution in [0.1, 0.15) is 51.9 Å². The lowest BCUT2D eigenvalue weighted by Gasteiger charge is -2.19. The summed E-state index contributed by atoms with van der Waals surface area (Å²) in [5, 5.41) is 33.8. The fourth-order valence-corrected chi connectivity index (χ4v) is 4.15. The highest BCUT2D eigenvalue weighted by molar-refractivity contribution is 5.88. The lowest BCUT2D eigenvalue weighted by Crippen LogP contribution is -2.42. The van der Waals surface area contributed by atoms with Crippen LogP contribution in [0.2, 0.25) is 0 Å². The topological polar surface area (TPSA) is 162 Å². The summed E-state index contributed by atoms with van der Waals surface area (Å²) in [7, 11) is 0. The highest BCUT2D eigenvalue weighted by atomic mass is 16.5. The average Bonchev–Trinajstić information content (AvgIpc) is 3.22. The molecule has 0 unspecified atom stereocenters. The van der Waals surface area contributed by atoms with Gasteiger partial charge in [0.1, 0.15) is 11.6 Å². The van der Waals surface area contributed by atoms with Gasteiger partial charge in [-0.3, -0.25) is 9.59 Å². The molecule has 11 nitrogen and oxygen atoms in total. The fraction of sp³-hybridized carbons (Fsp3) is 0.448. The van der Waals surface area contributed by atoms with Gasteiger partial charge in [-0.2, -0.15) is 0 Å². The molecule has 0 atom stereocenters. The molecule has 0 aliphatic rings. The van der Waals surface area contributed by atoms with E-state index in [0.717, 1.165) is 49.7 Å². The van der Waals surface area contributed by atoms with Crippen LogP contribution in [0.4, 0.5) is 0 Å². The first-order valence-corrected chi connectivity index (χ1v) is 13.2. The first-order chi connectivity index (χ1) is 18.9. The molecule has 11 heteroatoms. The summed E-state index contributed by atoms with van der Waals surface area (Å²) in [6, 6.07) is 16.8. The van der Waals surface area contributed by atoms with Crippen LogP contribution in [0.5, 0.6) is 5.75 Å². The Morgan fingerprint density at radius 1 is 0.950 bits per heavy atom. The molecule has 0 saturated heterocycles. The third kappa shape index (κ3) is 9.65. The Bertz CT molecular complexity index is 1250. The van der Waals surface area contributed by atoms with Crippen LogP contribution in [0.15, 0.2) is 48.5 Å². The lowest BCUT2D eigenvalue weighted by molar-refractivity contribution is -0.170. The van der Waals surface area contributed by atoms with Crippen molar-refractivity contribution in [1.82, 2.24) is 14.5 Å². The molecule has 0 fully saturated rings. The molecule has 0 amide bonds. The van der Waals surface area contributed by atoms with Gasteiger partial charge < -0.3 is 34.6 Å². The number of fused-ring (bicyclic) bond motifs is 1. The van der Waals surface area contributed by atoms with E-state index in [1.807, 2.05) is 13.8 Å². The van der Waals surface area contributed by atoms with Crippen LogP contribution in [-0.4, -0.2) is 84.1 Å². The van der Waals surface area contributed by atoms with Crippen molar-refractivity contribution in [2.75, 3.05) is 19.6 Å². The SMILES string of the molecule is CCN(CC)CCn1c(Cc2ccc(OC(C)C)cc2)nc2ccccc21.O=C(O)CC(O)(CC(=O)O)C(=O)O. The number of imidazole rings is 1. The molecule has 1 heterocycles. The average molecular weight is 558 g/mol. The van der Waals surface area contributed by atoms with Crippen molar-refractivity contribution < 1.29 is 39.5 Å². The highest BCUT2D eigenvalue weighted by Gasteiger charge is 2.40. The summed E-state index contributed by atoms with van der Waals surface area (Å²) in [6.45, 7) is 12.7. The van der Waals surface area contributed by atoms with Crippen molar-refractivity contribution in [2.45, 2.75) is 65.2 Å². The Kier molecular flexibility index (Phi) is 12.1. The van der Waals surface area contributed by atoms with E-state index in [9.17, 15) is 14.4 Å². The van der Waals surface area contributed by atoms with E-state index in [-0.39, 0.29) is 6.10 Å². The molecule has 3 aromatic rings. The molecule has 1 aromatic heterocycles. The van der Waals surface area contributed by atoms with Crippen molar-refractivity contribution in [3.05, 3.63) is 59.9 Å². The zero-order valence-electron chi connectivity index (χ0n) is 23.4. The van der Waals surface area contributed by atoms with Gasteiger partial charge in [-0.1, -0.05) is 38.1 Å². The van der Waals surface area contributed by atoms with Crippen LogP contribution in [0, 0.1) is 0 Å². The quantitative estimate of drug-likeness (QED) is 0.231. The number of para-hydroxylation sites is 2. The number of carbonyl (C=O) groups is 3.